The van der Waals surface area contributed by atoms with Gasteiger partial charge in [-0.05, 0) is 41.2 Å². The van der Waals surface area contributed by atoms with E-state index >= 15 is 0 Å². The number of aliphatic hydroxyl groups is 1. The van der Waals surface area contributed by atoms with Gasteiger partial charge < -0.3 is 14.6 Å². The van der Waals surface area contributed by atoms with Gasteiger partial charge in [0.15, 0.2) is 0 Å². The van der Waals surface area contributed by atoms with E-state index in [0.29, 0.717) is 6.42 Å². The highest BCUT2D eigenvalue weighted by Gasteiger charge is 2.20. The lowest BCUT2D eigenvalue weighted by Crippen LogP contribution is -2.22. The number of nitrogens with one attached hydrogen (secondary N) is 1. The Bertz CT molecular complexity index is 1040. The van der Waals surface area contributed by atoms with E-state index in [4.69, 9.17) is 16.3 Å². The monoisotopic (exact) mass is 467 g/mol. The molecule has 0 heterocycles. The summed E-state index contributed by atoms with van der Waals surface area (Å²) in [5, 5.41) is 12.6. The molecule has 0 fully saturated rings. The molecule has 0 spiro atoms. The molecule has 0 radical (unpaired) electrons. The van der Waals surface area contributed by atoms with Crippen LogP contribution in [0.15, 0.2) is 78.9 Å². The van der Waals surface area contributed by atoms with Crippen LogP contribution in [-0.2, 0) is 35.5 Å². The Balaban J connectivity index is 0.000000235. The number of amides is 1. The summed E-state index contributed by atoms with van der Waals surface area (Å²) in [6.07, 6.45) is 1.37. The maximum atomic E-state index is 12.0. The summed E-state index contributed by atoms with van der Waals surface area (Å²) < 4.78 is 9.79. The first-order valence-electron chi connectivity index (χ1n) is 10.6. The molecule has 1 aliphatic rings. The molecule has 4 rings (SSSR count). The maximum Gasteiger partial charge on any atom is 0.411 e. The van der Waals surface area contributed by atoms with Crippen molar-refractivity contribution in [3.63, 3.8) is 0 Å². The molecular formula is C26H26ClNO5. The molecule has 3 aromatic rings. The van der Waals surface area contributed by atoms with Crippen LogP contribution in [-0.4, -0.2) is 22.7 Å². The van der Waals surface area contributed by atoms with Crippen LogP contribution < -0.4 is 5.32 Å². The van der Waals surface area contributed by atoms with Crippen molar-refractivity contribution in [1.82, 2.24) is 0 Å². The summed E-state index contributed by atoms with van der Waals surface area (Å²) in [7, 11) is 0. The molecule has 0 saturated carbocycles. The molecular weight excluding hydrogens is 442 g/mol. The third kappa shape index (κ3) is 8.25. The van der Waals surface area contributed by atoms with Crippen LogP contribution in [0.3, 0.4) is 0 Å². The number of carbonyl (C=O) groups excluding carboxylic acids is 2. The van der Waals surface area contributed by atoms with Gasteiger partial charge in [-0.1, -0.05) is 72.8 Å². The number of halogens is 1. The molecule has 2 N–H and O–H groups in total. The zero-order chi connectivity index (χ0) is 23.5. The van der Waals surface area contributed by atoms with E-state index in [1.165, 1.54) is 5.56 Å². The summed E-state index contributed by atoms with van der Waals surface area (Å²) in [6, 6.07) is 24.7. The predicted molar refractivity (Wildman–Crippen MR) is 127 cm³/mol. The molecule has 1 atom stereocenters. The molecule has 0 aliphatic heterocycles. The summed E-state index contributed by atoms with van der Waals surface area (Å²) in [6.45, 7) is 0.480. The van der Waals surface area contributed by atoms with Crippen molar-refractivity contribution in [2.24, 2.45) is 0 Å². The second-order valence-corrected chi connectivity index (χ2v) is 7.85. The molecule has 1 amide bonds. The molecule has 1 aliphatic carbocycles. The zero-order valence-corrected chi connectivity index (χ0v) is 18.8. The van der Waals surface area contributed by atoms with E-state index in [2.05, 4.69) is 10.1 Å². The summed E-state index contributed by atoms with van der Waals surface area (Å²) in [5.74, 6) is 0. The standard InChI is InChI=1S/C18H19NO3.C8H7ClO2/c20-15-10-9-14-7-4-8-17(16(14)11-15)19-18(21)22-12-13-5-2-1-3-6-13;9-8(10)11-6-7-4-2-1-3-5-7/h1-8,15,20H,9-12H2,(H,19,21);1-5H,6H2. The molecule has 0 bridgehead atoms. The number of aryl methyl sites for hydroxylation is 1. The van der Waals surface area contributed by atoms with E-state index in [9.17, 15) is 14.7 Å². The van der Waals surface area contributed by atoms with Crippen molar-refractivity contribution in [3.8, 4) is 0 Å². The summed E-state index contributed by atoms with van der Waals surface area (Å²) >= 11 is 4.97. The number of aliphatic hydroxyl groups excluding tert-OH is 1. The molecule has 0 aromatic heterocycles. The summed E-state index contributed by atoms with van der Waals surface area (Å²) in [4.78, 5) is 22.1. The van der Waals surface area contributed by atoms with Gasteiger partial charge in [-0.15, -0.1) is 0 Å². The predicted octanol–water partition coefficient (Wildman–Crippen LogP) is 5.85. The Morgan fingerprint density at radius 3 is 2.09 bits per heavy atom. The highest BCUT2D eigenvalue weighted by molar-refractivity contribution is 6.61. The van der Waals surface area contributed by atoms with Crippen LogP contribution in [0, 0.1) is 0 Å². The van der Waals surface area contributed by atoms with E-state index in [-0.39, 0.29) is 19.3 Å². The van der Waals surface area contributed by atoms with Crippen molar-refractivity contribution < 1.29 is 24.2 Å². The van der Waals surface area contributed by atoms with E-state index in [1.807, 2.05) is 78.9 Å². The molecule has 0 saturated heterocycles. The third-order valence-corrected chi connectivity index (χ3v) is 5.21. The fourth-order valence-corrected chi connectivity index (χ4v) is 3.52. The minimum Gasteiger partial charge on any atom is -0.449 e. The first kappa shape index (κ1) is 24.3. The Hall–Kier alpha value is -3.35. The number of hydrogen-bond donors (Lipinski definition) is 2. The number of carbonyl (C=O) groups is 2. The maximum absolute atomic E-state index is 12.0. The van der Waals surface area contributed by atoms with Crippen molar-refractivity contribution in [1.29, 1.82) is 0 Å². The number of benzene rings is 3. The highest BCUT2D eigenvalue weighted by atomic mass is 35.5. The van der Waals surface area contributed by atoms with Gasteiger partial charge >= 0.3 is 11.5 Å². The van der Waals surface area contributed by atoms with Gasteiger partial charge in [-0.2, -0.15) is 0 Å². The first-order chi connectivity index (χ1) is 16.0. The molecule has 1 unspecified atom stereocenters. The van der Waals surface area contributed by atoms with Crippen LogP contribution in [0.4, 0.5) is 15.3 Å². The SMILES string of the molecule is O=C(Cl)OCc1ccccc1.O=C(Nc1cccc2c1CC(O)CC2)OCc1ccccc1. The lowest BCUT2D eigenvalue weighted by Gasteiger charge is -2.23. The van der Waals surface area contributed by atoms with Crippen molar-refractivity contribution >= 4 is 28.8 Å². The van der Waals surface area contributed by atoms with Crippen LogP contribution in [0.5, 0.6) is 0 Å². The first-order valence-corrected chi connectivity index (χ1v) is 11.0. The summed E-state index contributed by atoms with van der Waals surface area (Å²) in [5.41, 5.74) is 4.04. The lowest BCUT2D eigenvalue weighted by atomic mass is 9.88. The van der Waals surface area contributed by atoms with E-state index in [1.54, 1.807) is 0 Å². The lowest BCUT2D eigenvalue weighted by molar-refractivity contribution is 0.153. The largest absolute Gasteiger partial charge is 0.449 e. The molecule has 33 heavy (non-hydrogen) atoms. The fourth-order valence-electron chi connectivity index (χ4n) is 3.47. The van der Waals surface area contributed by atoms with Crippen LogP contribution >= 0.6 is 11.6 Å². The quantitative estimate of drug-likeness (QED) is 0.460. The average molecular weight is 468 g/mol. The van der Waals surface area contributed by atoms with Crippen molar-refractivity contribution in [2.45, 2.75) is 38.6 Å². The van der Waals surface area contributed by atoms with Gasteiger partial charge in [0, 0.05) is 23.7 Å². The van der Waals surface area contributed by atoms with E-state index < -0.39 is 11.5 Å². The Labute approximate surface area is 198 Å². The second-order valence-electron chi connectivity index (χ2n) is 7.54. The Morgan fingerprint density at radius 2 is 1.48 bits per heavy atom. The molecule has 6 nitrogen and oxygen atoms in total. The Kier molecular flexibility index (Phi) is 9.30. The van der Waals surface area contributed by atoms with E-state index in [0.717, 1.165) is 35.2 Å². The van der Waals surface area contributed by atoms with Gasteiger partial charge in [0.25, 0.3) is 0 Å². The fraction of sp³-hybridized carbons (Fsp3) is 0.231. The van der Waals surface area contributed by atoms with Crippen LogP contribution in [0.2, 0.25) is 0 Å². The van der Waals surface area contributed by atoms with Gasteiger partial charge in [0.1, 0.15) is 13.2 Å². The van der Waals surface area contributed by atoms with Gasteiger partial charge in [-0.3, -0.25) is 5.32 Å². The van der Waals surface area contributed by atoms with Crippen molar-refractivity contribution in [2.75, 3.05) is 5.32 Å². The molecule has 172 valence electrons. The molecule has 7 heteroatoms. The smallest absolute Gasteiger partial charge is 0.411 e. The average Bonchev–Trinajstić information content (AvgIpc) is 2.83. The number of fused-ring (bicyclic) bond motifs is 1. The normalized spacial score (nSPS) is 14.2. The van der Waals surface area contributed by atoms with Crippen LogP contribution in [0.1, 0.15) is 28.7 Å². The molecule has 3 aromatic carbocycles. The second kappa shape index (κ2) is 12.6. The number of ether oxygens (including phenoxy) is 2. The minimum atomic E-state index is -0.770. The highest BCUT2D eigenvalue weighted by Crippen LogP contribution is 2.28. The Morgan fingerprint density at radius 1 is 0.879 bits per heavy atom. The number of hydrogen-bond acceptors (Lipinski definition) is 5. The number of anilines is 1. The van der Waals surface area contributed by atoms with Gasteiger partial charge in [0.05, 0.1) is 6.10 Å². The zero-order valence-electron chi connectivity index (χ0n) is 18.1. The topological polar surface area (TPSA) is 84.9 Å². The van der Waals surface area contributed by atoms with Crippen molar-refractivity contribution in [3.05, 3.63) is 101 Å². The van der Waals surface area contributed by atoms with Crippen LogP contribution in [0.25, 0.3) is 0 Å². The third-order valence-electron chi connectivity index (χ3n) is 5.10. The number of rotatable bonds is 5. The minimum absolute atomic E-state index is 0.239. The van der Waals surface area contributed by atoms with Gasteiger partial charge in [-0.25, -0.2) is 9.59 Å². The van der Waals surface area contributed by atoms with Gasteiger partial charge in [0.2, 0.25) is 0 Å².